The molecule has 2 heterocycles. The van der Waals surface area contributed by atoms with Gasteiger partial charge in [0.25, 0.3) is 5.91 Å². The summed E-state index contributed by atoms with van der Waals surface area (Å²) < 4.78 is 5.79. The first-order valence-corrected chi connectivity index (χ1v) is 7.53. The summed E-state index contributed by atoms with van der Waals surface area (Å²) in [6.07, 6.45) is 2.16. The Bertz CT molecular complexity index is 746. The van der Waals surface area contributed by atoms with Crippen molar-refractivity contribution >= 4 is 22.8 Å². The van der Waals surface area contributed by atoms with Crippen LogP contribution in [-0.2, 0) is 4.79 Å². The number of nitrogens with zero attached hydrogens (tertiary/aromatic N) is 1. The van der Waals surface area contributed by atoms with Gasteiger partial charge in [-0.25, -0.2) is 4.79 Å². The second kappa shape index (κ2) is 5.48. The van der Waals surface area contributed by atoms with E-state index in [0.29, 0.717) is 18.5 Å². The number of benzene rings is 1. The predicted octanol–water partition coefficient (Wildman–Crippen LogP) is 3.13. The number of rotatable bonds is 2. The molecule has 1 unspecified atom stereocenters. The molecular weight excluding hydrogens is 282 g/mol. The van der Waals surface area contributed by atoms with Crippen molar-refractivity contribution in [3.8, 4) is 0 Å². The highest BCUT2D eigenvalue weighted by Crippen LogP contribution is 2.30. The molecule has 1 aromatic carbocycles. The molecule has 1 fully saturated rings. The molecule has 5 nitrogen and oxygen atoms in total. The van der Waals surface area contributed by atoms with Crippen molar-refractivity contribution in [1.29, 1.82) is 0 Å². The Morgan fingerprint density at radius 3 is 2.73 bits per heavy atom. The zero-order valence-electron chi connectivity index (χ0n) is 12.8. The molecular formula is C17H19NO4. The maximum atomic E-state index is 12.8. The summed E-state index contributed by atoms with van der Waals surface area (Å²) in [5.74, 6) is -1.00. The summed E-state index contributed by atoms with van der Waals surface area (Å²) in [6.45, 7) is 4.24. The lowest BCUT2D eigenvalue weighted by atomic mass is 10.0. The molecule has 1 aromatic heterocycles. The van der Waals surface area contributed by atoms with Crippen molar-refractivity contribution in [3.05, 3.63) is 35.1 Å². The van der Waals surface area contributed by atoms with E-state index in [0.717, 1.165) is 29.4 Å². The lowest BCUT2D eigenvalue weighted by molar-refractivity contribution is -0.143. The van der Waals surface area contributed by atoms with Crippen LogP contribution in [0.2, 0.25) is 0 Å². The number of furan rings is 1. The molecule has 0 radical (unpaired) electrons. The number of hydrogen-bond acceptors (Lipinski definition) is 3. The molecule has 1 aliphatic rings. The maximum Gasteiger partial charge on any atom is 0.326 e. The van der Waals surface area contributed by atoms with Crippen molar-refractivity contribution < 1.29 is 19.1 Å². The van der Waals surface area contributed by atoms with Crippen molar-refractivity contribution in [2.45, 2.75) is 39.2 Å². The number of aryl methyl sites for hydroxylation is 2. The first kappa shape index (κ1) is 14.6. The number of carbonyl (C=O) groups is 2. The minimum absolute atomic E-state index is 0.262. The second-order valence-electron chi connectivity index (χ2n) is 5.86. The fraction of sp³-hybridized carbons (Fsp3) is 0.412. The molecule has 0 spiro atoms. The first-order chi connectivity index (χ1) is 10.5. The zero-order valence-corrected chi connectivity index (χ0v) is 12.8. The molecule has 116 valence electrons. The minimum atomic E-state index is -0.946. The van der Waals surface area contributed by atoms with E-state index in [2.05, 4.69) is 0 Å². The smallest absolute Gasteiger partial charge is 0.326 e. The topological polar surface area (TPSA) is 70.8 Å². The van der Waals surface area contributed by atoms with Gasteiger partial charge in [-0.1, -0.05) is 18.2 Å². The molecule has 0 saturated carbocycles. The summed E-state index contributed by atoms with van der Waals surface area (Å²) in [4.78, 5) is 25.6. The van der Waals surface area contributed by atoms with Crippen LogP contribution < -0.4 is 0 Å². The van der Waals surface area contributed by atoms with Crippen LogP contribution in [0.1, 0.15) is 40.9 Å². The van der Waals surface area contributed by atoms with Crippen LogP contribution in [0, 0.1) is 13.8 Å². The highest BCUT2D eigenvalue weighted by atomic mass is 16.4. The van der Waals surface area contributed by atoms with Gasteiger partial charge in [0.2, 0.25) is 0 Å². The van der Waals surface area contributed by atoms with Gasteiger partial charge in [-0.2, -0.15) is 0 Å². The van der Waals surface area contributed by atoms with Crippen molar-refractivity contribution in [2.75, 3.05) is 6.54 Å². The molecule has 1 aliphatic heterocycles. The number of piperidine rings is 1. The number of fused-ring (bicyclic) bond motifs is 1. The number of carboxylic acids is 1. The van der Waals surface area contributed by atoms with Crippen molar-refractivity contribution in [2.24, 2.45) is 0 Å². The van der Waals surface area contributed by atoms with Gasteiger partial charge in [-0.15, -0.1) is 0 Å². The Hall–Kier alpha value is -2.30. The summed E-state index contributed by atoms with van der Waals surface area (Å²) in [6, 6.07) is 5.02. The van der Waals surface area contributed by atoms with E-state index in [4.69, 9.17) is 4.42 Å². The molecule has 0 aliphatic carbocycles. The second-order valence-corrected chi connectivity index (χ2v) is 5.86. The fourth-order valence-electron chi connectivity index (χ4n) is 3.15. The zero-order chi connectivity index (χ0) is 15.9. The number of aliphatic carboxylic acids is 1. The quantitative estimate of drug-likeness (QED) is 0.925. The summed E-state index contributed by atoms with van der Waals surface area (Å²) >= 11 is 0. The molecule has 22 heavy (non-hydrogen) atoms. The lowest BCUT2D eigenvalue weighted by Crippen LogP contribution is -2.48. The Balaban J connectivity index is 2.03. The lowest BCUT2D eigenvalue weighted by Gasteiger charge is -2.32. The number of amides is 1. The highest BCUT2D eigenvalue weighted by Gasteiger charge is 2.34. The average Bonchev–Trinajstić information content (AvgIpc) is 2.85. The molecule has 0 bridgehead atoms. The number of likely N-dealkylation sites (tertiary alicyclic amines) is 1. The van der Waals surface area contributed by atoms with Crippen LogP contribution in [-0.4, -0.2) is 34.5 Å². The van der Waals surface area contributed by atoms with E-state index in [1.165, 1.54) is 4.90 Å². The minimum Gasteiger partial charge on any atom is -0.480 e. The molecule has 5 heteroatoms. The number of hydrogen-bond donors (Lipinski definition) is 1. The Morgan fingerprint density at radius 1 is 1.27 bits per heavy atom. The van der Waals surface area contributed by atoms with Gasteiger partial charge in [-0.3, -0.25) is 4.79 Å². The van der Waals surface area contributed by atoms with E-state index in [-0.39, 0.29) is 11.7 Å². The van der Waals surface area contributed by atoms with Crippen LogP contribution in [0.5, 0.6) is 0 Å². The van der Waals surface area contributed by atoms with E-state index in [9.17, 15) is 14.7 Å². The standard InChI is InChI=1S/C17H19NO4/c1-10-6-5-7-12-11(2)15(22-14(10)12)16(19)18-9-4-3-8-13(18)17(20)21/h5-7,13H,3-4,8-9H2,1-2H3,(H,20,21). The van der Waals surface area contributed by atoms with E-state index < -0.39 is 12.0 Å². The number of para-hydroxylation sites is 1. The Labute approximate surface area is 128 Å². The van der Waals surface area contributed by atoms with Crippen LogP contribution in [0.4, 0.5) is 0 Å². The molecule has 1 atom stereocenters. The van der Waals surface area contributed by atoms with Gasteiger partial charge in [0.05, 0.1) is 0 Å². The van der Waals surface area contributed by atoms with Gasteiger partial charge < -0.3 is 14.4 Å². The molecule has 1 N–H and O–H groups in total. The monoisotopic (exact) mass is 301 g/mol. The largest absolute Gasteiger partial charge is 0.480 e. The summed E-state index contributed by atoms with van der Waals surface area (Å²) in [7, 11) is 0. The van der Waals surface area contributed by atoms with Gasteiger partial charge >= 0.3 is 5.97 Å². The third-order valence-electron chi connectivity index (χ3n) is 4.40. The van der Waals surface area contributed by atoms with Gasteiger partial charge in [-0.05, 0) is 38.7 Å². The normalized spacial score (nSPS) is 18.6. The van der Waals surface area contributed by atoms with Crippen LogP contribution in [0.25, 0.3) is 11.0 Å². The average molecular weight is 301 g/mol. The molecule has 2 aromatic rings. The van der Waals surface area contributed by atoms with Gasteiger partial charge in [0.1, 0.15) is 11.6 Å². The Kier molecular flexibility index (Phi) is 3.64. The van der Waals surface area contributed by atoms with E-state index in [1.807, 2.05) is 32.0 Å². The fourth-order valence-corrected chi connectivity index (χ4v) is 3.15. The highest BCUT2D eigenvalue weighted by molar-refractivity contribution is 6.01. The SMILES string of the molecule is Cc1c(C(=O)N2CCCCC2C(=O)O)oc2c(C)cccc12. The summed E-state index contributed by atoms with van der Waals surface area (Å²) in [5, 5.41) is 10.2. The van der Waals surface area contributed by atoms with Gasteiger partial charge in [0.15, 0.2) is 5.76 Å². The van der Waals surface area contributed by atoms with Crippen LogP contribution >= 0.6 is 0 Å². The maximum absolute atomic E-state index is 12.8. The van der Waals surface area contributed by atoms with Crippen LogP contribution in [0.15, 0.2) is 22.6 Å². The molecule has 3 rings (SSSR count). The predicted molar refractivity (Wildman–Crippen MR) is 82.0 cm³/mol. The van der Waals surface area contributed by atoms with Crippen LogP contribution in [0.3, 0.4) is 0 Å². The Morgan fingerprint density at radius 2 is 2.05 bits per heavy atom. The number of carbonyl (C=O) groups excluding carboxylic acids is 1. The van der Waals surface area contributed by atoms with E-state index in [1.54, 1.807) is 0 Å². The third-order valence-corrected chi connectivity index (χ3v) is 4.40. The van der Waals surface area contributed by atoms with Gasteiger partial charge in [0, 0.05) is 17.5 Å². The molecule has 1 saturated heterocycles. The summed E-state index contributed by atoms with van der Waals surface area (Å²) in [5.41, 5.74) is 2.44. The third kappa shape index (κ3) is 2.26. The van der Waals surface area contributed by atoms with Crippen molar-refractivity contribution in [1.82, 2.24) is 4.90 Å². The van der Waals surface area contributed by atoms with Crippen molar-refractivity contribution in [3.63, 3.8) is 0 Å². The first-order valence-electron chi connectivity index (χ1n) is 7.53. The number of carboxylic acid groups (broad SMARTS) is 1. The molecule has 1 amide bonds. The van der Waals surface area contributed by atoms with E-state index >= 15 is 0 Å².